The number of alkyl halides is 4. The van der Waals surface area contributed by atoms with Crippen molar-refractivity contribution in [2.75, 3.05) is 19.8 Å². The molecule has 2 aromatic rings. The summed E-state index contributed by atoms with van der Waals surface area (Å²) in [5, 5.41) is 0. The average Bonchev–Trinajstić information content (AvgIpc) is 2.80. The molecule has 0 saturated carbocycles. The van der Waals surface area contributed by atoms with E-state index in [1.165, 1.54) is 12.1 Å². The van der Waals surface area contributed by atoms with Crippen LogP contribution in [0.3, 0.4) is 0 Å². The van der Waals surface area contributed by atoms with Crippen LogP contribution in [-0.4, -0.2) is 32.2 Å². The van der Waals surface area contributed by atoms with Crippen LogP contribution < -0.4 is 4.74 Å². The van der Waals surface area contributed by atoms with Gasteiger partial charge in [0.2, 0.25) is 0 Å². The van der Waals surface area contributed by atoms with E-state index >= 15 is 4.39 Å². The Morgan fingerprint density at radius 3 is 2.38 bits per heavy atom. The molecular formula is C25H29F5O4. The number of unbranched alkanes of at least 4 members (excludes halogenated alkanes) is 1. The van der Waals surface area contributed by atoms with Gasteiger partial charge in [-0.05, 0) is 49.1 Å². The summed E-state index contributed by atoms with van der Waals surface area (Å²) in [6.45, 7) is 4.56. The average molecular weight is 488 g/mol. The molecule has 0 spiro atoms. The van der Waals surface area contributed by atoms with Crippen molar-refractivity contribution in [2.45, 2.75) is 64.5 Å². The van der Waals surface area contributed by atoms with E-state index < -0.39 is 41.9 Å². The molecule has 0 amide bonds. The minimum Gasteiger partial charge on any atom is -0.494 e. The highest BCUT2D eigenvalue weighted by atomic mass is 19.3. The molecule has 1 aliphatic heterocycles. The highest BCUT2D eigenvalue weighted by molar-refractivity contribution is 5.69. The van der Waals surface area contributed by atoms with Gasteiger partial charge in [-0.25, -0.2) is 13.2 Å². The van der Waals surface area contributed by atoms with Crippen LogP contribution in [0.4, 0.5) is 22.0 Å². The molecule has 34 heavy (non-hydrogen) atoms. The molecule has 0 N–H and O–H groups in total. The van der Waals surface area contributed by atoms with Crippen LogP contribution in [0, 0.1) is 5.82 Å². The molecule has 0 bridgehead atoms. The molecular weight excluding hydrogens is 459 g/mol. The van der Waals surface area contributed by atoms with Crippen molar-refractivity contribution < 1.29 is 40.9 Å². The predicted octanol–water partition coefficient (Wildman–Crippen LogP) is 7.22. The molecule has 1 aliphatic rings. The zero-order valence-corrected chi connectivity index (χ0v) is 19.2. The molecule has 2 unspecified atom stereocenters. The molecule has 1 heterocycles. The maximum Gasteiger partial charge on any atom is 0.386 e. The van der Waals surface area contributed by atoms with Crippen molar-refractivity contribution in [2.24, 2.45) is 0 Å². The molecule has 0 radical (unpaired) electrons. The van der Waals surface area contributed by atoms with Crippen LogP contribution in [0.25, 0.3) is 11.1 Å². The molecule has 2 aromatic carbocycles. The predicted molar refractivity (Wildman–Crippen MR) is 117 cm³/mol. The topological polar surface area (TPSA) is 36.9 Å². The molecule has 3 rings (SSSR count). The lowest BCUT2D eigenvalue weighted by Gasteiger charge is -2.31. The zero-order chi connectivity index (χ0) is 24.7. The second-order valence-corrected chi connectivity index (χ2v) is 7.97. The van der Waals surface area contributed by atoms with Gasteiger partial charge >= 0.3 is 6.11 Å². The first-order valence-corrected chi connectivity index (χ1v) is 11.4. The number of benzene rings is 2. The van der Waals surface area contributed by atoms with Gasteiger partial charge in [-0.2, -0.15) is 8.78 Å². The fraction of sp³-hybridized carbons (Fsp3) is 0.520. The van der Waals surface area contributed by atoms with Crippen LogP contribution in [-0.2, 0) is 20.3 Å². The Hall–Kier alpha value is -2.23. The fourth-order valence-corrected chi connectivity index (χ4v) is 3.74. The Kier molecular flexibility index (Phi) is 9.27. The third-order valence-electron chi connectivity index (χ3n) is 5.50. The van der Waals surface area contributed by atoms with Crippen molar-refractivity contribution in [3.8, 4) is 16.9 Å². The van der Waals surface area contributed by atoms with E-state index in [9.17, 15) is 17.6 Å². The summed E-state index contributed by atoms with van der Waals surface area (Å²) in [4.78, 5) is 0. The normalized spacial score (nSPS) is 18.9. The minimum absolute atomic E-state index is 0.167. The van der Waals surface area contributed by atoms with E-state index in [-0.39, 0.29) is 24.2 Å². The second kappa shape index (κ2) is 12.0. The van der Waals surface area contributed by atoms with E-state index in [0.717, 1.165) is 25.0 Å². The van der Waals surface area contributed by atoms with E-state index in [1.54, 1.807) is 19.1 Å². The second-order valence-electron chi connectivity index (χ2n) is 7.97. The van der Waals surface area contributed by atoms with Gasteiger partial charge in [0.05, 0.1) is 30.4 Å². The van der Waals surface area contributed by atoms with Crippen molar-refractivity contribution in [1.82, 2.24) is 0 Å². The summed E-state index contributed by atoms with van der Waals surface area (Å²) >= 11 is 0. The van der Waals surface area contributed by atoms with E-state index in [0.29, 0.717) is 25.4 Å². The number of ether oxygens (including phenoxy) is 4. The maximum atomic E-state index is 15.0. The molecule has 188 valence electrons. The highest BCUT2D eigenvalue weighted by Crippen LogP contribution is 2.41. The first-order chi connectivity index (χ1) is 16.3. The van der Waals surface area contributed by atoms with Crippen LogP contribution in [0.1, 0.15) is 57.1 Å². The Morgan fingerprint density at radius 1 is 1.06 bits per heavy atom. The van der Waals surface area contributed by atoms with Gasteiger partial charge < -0.3 is 18.9 Å². The zero-order valence-electron chi connectivity index (χ0n) is 19.2. The Bertz CT molecular complexity index is 912. The standard InChI is InChI=1S/C25H29F5O4/c1-3-5-14-32-21-13-10-18(15-33-21)34-25(29,30)20-12-11-19(22(23(20)26)24(27)28)16-6-8-17(9-7-16)31-4-2/h6-9,11-12,18,21,24H,3-5,10,13-15H2,1-2H3. The molecule has 2 atom stereocenters. The van der Waals surface area contributed by atoms with Crippen LogP contribution in [0.2, 0.25) is 0 Å². The molecule has 1 fully saturated rings. The fourth-order valence-electron chi connectivity index (χ4n) is 3.74. The number of rotatable bonds is 11. The minimum atomic E-state index is -4.12. The van der Waals surface area contributed by atoms with Crippen LogP contribution in [0.15, 0.2) is 36.4 Å². The van der Waals surface area contributed by atoms with E-state index in [1.807, 2.05) is 6.92 Å². The van der Waals surface area contributed by atoms with Gasteiger partial charge in [-0.3, -0.25) is 0 Å². The molecule has 0 aliphatic carbocycles. The van der Waals surface area contributed by atoms with Crippen LogP contribution >= 0.6 is 0 Å². The summed E-state index contributed by atoms with van der Waals surface area (Å²) in [7, 11) is 0. The lowest BCUT2D eigenvalue weighted by atomic mass is 9.96. The third-order valence-corrected chi connectivity index (χ3v) is 5.50. The lowest BCUT2D eigenvalue weighted by molar-refractivity contribution is -0.301. The van der Waals surface area contributed by atoms with Gasteiger partial charge in [0.25, 0.3) is 6.43 Å². The molecule has 1 saturated heterocycles. The van der Waals surface area contributed by atoms with Gasteiger partial charge in [0.1, 0.15) is 11.6 Å². The quantitative estimate of drug-likeness (QED) is 0.247. The number of hydrogen-bond acceptors (Lipinski definition) is 4. The number of hydrogen-bond donors (Lipinski definition) is 0. The van der Waals surface area contributed by atoms with Gasteiger partial charge in [-0.15, -0.1) is 0 Å². The van der Waals surface area contributed by atoms with Crippen molar-refractivity contribution in [3.63, 3.8) is 0 Å². The summed E-state index contributed by atoms with van der Waals surface area (Å²) in [6, 6.07) is 7.87. The largest absolute Gasteiger partial charge is 0.494 e. The SMILES string of the molecule is CCCCOC1CCC(OC(F)(F)c2ccc(-c3ccc(OCC)cc3)c(C(F)F)c2F)CO1. The Morgan fingerprint density at radius 2 is 1.79 bits per heavy atom. The van der Waals surface area contributed by atoms with E-state index in [4.69, 9.17) is 18.9 Å². The van der Waals surface area contributed by atoms with Crippen molar-refractivity contribution in [3.05, 3.63) is 53.3 Å². The highest BCUT2D eigenvalue weighted by Gasteiger charge is 2.42. The molecule has 0 aromatic heterocycles. The first-order valence-electron chi connectivity index (χ1n) is 11.4. The molecule has 4 nitrogen and oxygen atoms in total. The lowest BCUT2D eigenvalue weighted by Crippen LogP contribution is -2.37. The third kappa shape index (κ3) is 6.46. The Balaban J connectivity index is 1.76. The van der Waals surface area contributed by atoms with Crippen molar-refractivity contribution in [1.29, 1.82) is 0 Å². The molecule has 9 heteroatoms. The number of halogens is 5. The monoisotopic (exact) mass is 488 g/mol. The van der Waals surface area contributed by atoms with Gasteiger partial charge in [0.15, 0.2) is 6.29 Å². The maximum absolute atomic E-state index is 15.0. The summed E-state index contributed by atoms with van der Waals surface area (Å²) in [6.07, 6.45) is -6.60. The first kappa shape index (κ1) is 26.4. The summed E-state index contributed by atoms with van der Waals surface area (Å²) in [5.74, 6) is -1.18. The van der Waals surface area contributed by atoms with Gasteiger partial charge in [0, 0.05) is 13.0 Å². The van der Waals surface area contributed by atoms with Crippen molar-refractivity contribution >= 4 is 0 Å². The summed E-state index contributed by atoms with van der Waals surface area (Å²) in [5.41, 5.74) is -2.26. The smallest absolute Gasteiger partial charge is 0.386 e. The Labute approximate surface area is 196 Å². The van der Waals surface area contributed by atoms with E-state index in [2.05, 4.69) is 0 Å². The summed E-state index contributed by atoms with van der Waals surface area (Å²) < 4.78 is 93.4. The van der Waals surface area contributed by atoms with Gasteiger partial charge in [-0.1, -0.05) is 31.5 Å². The van der Waals surface area contributed by atoms with Crippen LogP contribution in [0.5, 0.6) is 5.75 Å².